The summed E-state index contributed by atoms with van der Waals surface area (Å²) in [6.45, 7) is 0. The van der Waals surface area contributed by atoms with E-state index in [0.29, 0.717) is 5.69 Å². The number of rotatable bonds is 5. The highest BCUT2D eigenvalue weighted by atomic mass is 16.4. The van der Waals surface area contributed by atoms with Crippen LogP contribution in [0.15, 0.2) is 69.9 Å². The van der Waals surface area contributed by atoms with Crippen molar-refractivity contribution in [1.29, 1.82) is 0 Å². The van der Waals surface area contributed by atoms with Crippen molar-refractivity contribution >= 4 is 29.1 Å². The van der Waals surface area contributed by atoms with E-state index in [2.05, 4.69) is 26.2 Å². The first-order valence-corrected chi connectivity index (χ1v) is 6.08. The number of aliphatic imine (C=N–C) groups is 1. The van der Waals surface area contributed by atoms with Gasteiger partial charge in [0.2, 0.25) is 5.84 Å². The van der Waals surface area contributed by atoms with Crippen LogP contribution in [0.5, 0.6) is 0 Å². The van der Waals surface area contributed by atoms with Crippen molar-refractivity contribution in [2.45, 2.75) is 0 Å². The van der Waals surface area contributed by atoms with Crippen molar-refractivity contribution in [2.24, 2.45) is 15.3 Å². The lowest BCUT2D eigenvalue weighted by atomic mass is 10.3. The summed E-state index contributed by atoms with van der Waals surface area (Å²) in [5, 5.41) is 13.7. The Hall–Kier alpha value is -3.22. The average Bonchev–Trinajstić information content (AvgIpc) is 2.54. The Kier molecular flexibility index (Phi) is 4.99. The molecule has 0 radical (unpaired) electrons. The van der Waals surface area contributed by atoms with Gasteiger partial charge in [-0.15, -0.1) is 4.91 Å². The minimum absolute atomic E-state index is 0.208. The molecule has 0 spiro atoms. The first-order valence-electron chi connectivity index (χ1n) is 6.08. The van der Waals surface area contributed by atoms with E-state index in [4.69, 9.17) is 5.21 Å². The summed E-state index contributed by atoms with van der Waals surface area (Å²) in [5.41, 5.74) is 8.36. The predicted molar refractivity (Wildman–Crippen MR) is 83.3 cm³/mol. The van der Waals surface area contributed by atoms with Gasteiger partial charge in [-0.05, 0) is 41.6 Å². The van der Waals surface area contributed by atoms with E-state index < -0.39 is 0 Å². The van der Waals surface area contributed by atoms with Crippen LogP contribution >= 0.6 is 0 Å². The second-order valence-electron chi connectivity index (χ2n) is 3.97. The maximum absolute atomic E-state index is 10.4. The van der Waals surface area contributed by atoms with E-state index in [0.717, 1.165) is 17.6 Å². The highest BCUT2D eigenvalue weighted by Crippen LogP contribution is 2.17. The molecular weight excluding hydrogens is 270 g/mol. The normalized spacial score (nSPS) is 11.3. The molecule has 0 aliphatic carbocycles. The van der Waals surface area contributed by atoms with E-state index >= 15 is 0 Å². The lowest BCUT2D eigenvalue weighted by molar-refractivity contribution is 0.322. The molecule has 0 amide bonds. The topological polar surface area (TPSA) is 98.4 Å². The van der Waals surface area contributed by atoms with Crippen LogP contribution in [0, 0.1) is 4.91 Å². The van der Waals surface area contributed by atoms with E-state index in [1.165, 1.54) is 0 Å². The molecule has 0 heterocycles. The largest absolute Gasteiger partial charge is 0.411 e. The molecule has 0 saturated heterocycles. The molecule has 106 valence electrons. The Morgan fingerprint density at radius 2 is 1.57 bits per heavy atom. The number of hydrogen-bond acceptors (Lipinski definition) is 6. The van der Waals surface area contributed by atoms with Gasteiger partial charge in [0.15, 0.2) is 0 Å². The second kappa shape index (κ2) is 7.39. The first-order chi connectivity index (χ1) is 10.3. The van der Waals surface area contributed by atoms with Gasteiger partial charge in [0.25, 0.3) is 0 Å². The van der Waals surface area contributed by atoms with Gasteiger partial charge in [0, 0.05) is 0 Å². The zero-order valence-electron chi connectivity index (χ0n) is 11.0. The molecule has 7 nitrogen and oxygen atoms in total. The van der Waals surface area contributed by atoms with E-state index in [1.54, 1.807) is 24.3 Å². The summed E-state index contributed by atoms with van der Waals surface area (Å²) < 4.78 is 0. The molecule has 0 aliphatic heterocycles. The predicted octanol–water partition coefficient (Wildman–Crippen LogP) is 3.38. The number of oxime groups is 1. The van der Waals surface area contributed by atoms with Crippen LogP contribution in [-0.4, -0.2) is 17.3 Å². The lowest BCUT2D eigenvalue weighted by Gasteiger charge is -2.09. The van der Waals surface area contributed by atoms with Gasteiger partial charge in [0.1, 0.15) is 6.21 Å². The highest BCUT2D eigenvalue weighted by Gasteiger charge is 1.97. The molecule has 3 N–H and O–H groups in total. The summed E-state index contributed by atoms with van der Waals surface area (Å²) in [6.07, 6.45) is 0.871. The summed E-state index contributed by atoms with van der Waals surface area (Å²) in [6, 6.07) is 16.6. The number of hydrazine groups is 1. The number of amidine groups is 1. The fourth-order valence-corrected chi connectivity index (χ4v) is 1.54. The van der Waals surface area contributed by atoms with Crippen LogP contribution in [0.25, 0.3) is 0 Å². The third-order valence-electron chi connectivity index (χ3n) is 2.50. The fourth-order valence-electron chi connectivity index (χ4n) is 1.54. The summed E-state index contributed by atoms with van der Waals surface area (Å²) in [7, 11) is 0. The third kappa shape index (κ3) is 4.43. The Bertz CT molecular complexity index is 638. The number of para-hydroxylation sites is 1. The lowest BCUT2D eigenvalue weighted by Crippen LogP contribution is -2.07. The molecule has 0 bridgehead atoms. The maximum Gasteiger partial charge on any atom is 0.218 e. The number of nitrogens with zero attached hydrogens (tertiary/aromatic N) is 3. The van der Waals surface area contributed by atoms with Gasteiger partial charge < -0.3 is 16.1 Å². The minimum atomic E-state index is -0.208. The Morgan fingerprint density at radius 1 is 0.952 bits per heavy atom. The minimum Gasteiger partial charge on any atom is -0.411 e. The van der Waals surface area contributed by atoms with Crippen molar-refractivity contribution in [3.05, 3.63) is 59.5 Å². The molecular formula is C14H13N5O2. The van der Waals surface area contributed by atoms with Crippen molar-refractivity contribution < 1.29 is 5.21 Å². The summed E-state index contributed by atoms with van der Waals surface area (Å²) in [5.74, 6) is -0.208. The third-order valence-corrected chi connectivity index (χ3v) is 2.50. The molecule has 0 aromatic heterocycles. The van der Waals surface area contributed by atoms with Crippen molar-refractivity contribution in [3.63, 3.8) is 0 Å². The quantitative estimate of drug-likeness (QED) is 0.257. The van der Waals surface area contributed by atoms with Crippen molar-refractivity contribution in [1.82, 2.24) is 0 Å². The van der Waals surface area contributed by atoms with Gasteiger partial charge in [-0.1, -0.05) is 23.4 Å². The second-order valence-corrected chi connectivity index (χ2v) is 3.97. The molecule has 2 rings (SSSR count). The van der Waals surface area contributed by atoms with Crippen LogP contribution in [-0.2, 0) is 0 Å². The van der Waals surface area contributed by atoms with Crippen LogP contribution < -0.4 is 10.9 Å². The number of hydrogen-bond donors (Lipinski definition) is 3. The number of nitrogens with one attached hydrogen (secondary N) is 2. The molecule has 0 atom stereocenters. The first kappa shape index (κ1) is 14.2. The number of nitroso groups, excluding NO2 is 1. The Balaban J connectivity index is 2.00. The highest BCUT2D eigenvalue weighted by molar-refractivity contribution is 6.30. The summed E-state index contributed by atoms with van der Waals surface area (Å²) in [4.78, 5) is 14.3. The van der Waals surface area contributed by atoms with Crippen LogP contribution in [0.4, 0.5) is 17.1 Å². The molecule has 0 unspecified atom stereocenters. The molecule has 0 fully saturated rings. The van der Waals surface area contributed by atoms with Crippen LogP contribution in [0.3, 0.4) is 0 Å². The van der Waals surface area contributed by atoms with Gasteiger partial charge in [-0.3, -0.25) is 0 Å². The molecule has 2 aromatic rings. The zero-order valence-corrected chi connectivity index (χ0v) is 11.0. The maximum atomic E-state index is 10.4. The number of anilines is 2. The van der Waals surface area contributed by atoms with E-state index in [-0.39, 0.29) is 5.84 Å². The van der Waals surface area contributed by atoms with Gasteiger partial charge in [-0.2, -0.15) is 0 Å². The Labute approximate surface area is 121 Å². The van der Waals surface area contributed by atoms with Crippen molar-refractivity contribution in [3.8, 4) is 0 Å². The Morgan fingerprint density at radius 3 is 2.14 bits per heavy atom. The van der Waals surface area contributed by atoms with Crippen LogP contribution in [0.2, 0.25) is 0 Å². The molecule has 0 aliphatic rings. The SMILES string of the molecule is O=NC(/C=N/O)=Nc1ccc(NNc2ccccc2)cc1. The monoisotopic (exact) mass is 283 g/mol. The summed E-state index contributed by atoms with van der Waals surface area (Å²) >= 11 is 0. The fraction of sp³-hybridized carbons (Fsp3) is 0. The van der Waals surface area contributed by atoms with Gasteiger partial charge >= 0.3 is 0 Å². The van der Waals surface area contributed by atoms with Gasteiger partial charge in [-0.25, -0.2) is 4.99 Å². The van der Waals surface area contributed by atoms with Crippen LogP contribution in [0.1, 0.15) is 0 Å². The standard InChI is InChI=1S/C14H13N5O2/c20-15-10-14(19-21)16-11-6-8-13(9-7-11)18-17-12-4-2-1-3-5-12/h1-10,17-18,20H/b15-10+,16-14?. The molecule has 0 saturated carbocycles. The smallest absolute Gasteiger partial charge is 0.218 e. The zero-order chi connectivity index (χ0) is 14.9. The van der Waals surface area contributed by atoms with Gasteiger partial charge in [0.05, 0.1) is 17.1 Å². The average molecular weight is 283 g/mol. The molecule has 7 heteroatoms. The molecule has 2 aromatic carbocycles. The molecule has 21 heavy (non-hydrogen) atoms. The van der Waals surface area contributed by atoms with Crippen molar-refractivity contribution in [2.75, 3.05) is 10.9 Å². The van der Waals surface area contributed by atoms with E-state index in [1.807, 2.05) is 30.3 Å². The number of benzene rings is 2. The van der Waals surface area contributed by atoms with E-state index in [9.17, 15) is 4.91 Å².